The summed E-state index contributed by atoms with van der Waals surface area (Å²) in [5.74, 6) is 0.709. The molecule has 0 bridgehead atoms. The van der Waals surface area contributed by atoms with Crippen LogP contribution in [-0.2, 0) is 11.3 Å². The highest BCUT2D eigenvalue weighted by Crippen LogP contribution is 2.28. The number of nitrogens with zero attached hydrogens (tertiary/aromatic N) is 3. The zero-order chi connectivity index (χ0) is 27.2. The Bertz CT molecular complexity index is 1500. The molecule has 1 aliphatic heterocycles. The summed E-state index contributed by atoms with van der Waals surface area (Å²) in [5.41, 5.74) is 2.29. The molecular formula is C30H30Cl2N4O2S. The number of fused-ring (bicyclic) bond motifs is 1. The summed E-state index contributed by atoms with van der Waals surface area (Å²) in [7, 11) is 0. The first-order valence-corrected chi connectivity index (χ1v) is 14.9. The molecule has 1 N–H and O–H groups in total. The minimum absolute atomic E-state index is 0.0710. The third kappa shape index (κ3) is 7.03. The predicted molar refractivity (Wildman–Crippen MR) is 160 cm³/mol. The number of hydrogen-bond donors (Lipinski definition) is 1. The van der Waals surface area contributed by atoms with Crippen LogP contribution in [-0.4, -0.2) is 45.2 Å². The first-order chi connectivity index (χ1) is 19.0. The Kier molecular flexibility index (Phi) is 9.24. The third-order valence-corrected chi connectivity index (χ3v) is 8.44. The van der Waals surface area contributed by atoms with Crippen LogP contribution in [0.15, 0.2) is 82.7 Å². The summed E-state index contributed by atoms with van der Waals surface area (Å²) in [4.78, 5) is 33.3. The maximum Gasteiger partial charge on any atom is 0.266 e. The average Bonchev–Trinajstić information content (AvgIpc) is 2.94. The number of aromatic nitrogens is 2. The van der Waals surface area contributed by atoms with E-state index in [0.29, 0.717) is 50.4 Å². The quantitative estimate of drug-likeness (QED) is 0.142. The molecule has 6 nitrogen and oxygen atoms in total. The van der Waals surface area contributed by atoms with Crippen molar-refractivity contribution in [3.05, 3.63) is 98.8 Å². The van der Waals surface area contributed by atoms with Gasteiger partial charge in [-0.3, -0.25) is 19.1 Å². The maximum atomic E-state index is 13.4. The highest BCUT2D eigenvalue weighted by molar-refractivity contribution is 7.99. The molecule has 1 aliphatic rings. The van der Waals surface area contributed by atoms with Gasteiger partial charge >= 0.3 is 0 Å². The summed E-state index contributed by atoms with van der Waals surface area (Å²) in [5, 5.41) is 5.13. The molecular weight excluding hydrogens is 551 g/mol. The van der Waals surface area contributed by atoms with E-state index in [9.17, 15) is 9.59 Å². The number of piperidine rings is 1. The van der Waals surface area contributed by atoms with E-state index in [2.05, 4.69) is 34.5 Å². The van der Waals surface area contributed by atoms with Crippen molar-refractivity contribution in [2.45, 2.75) is 43.4 Å². The molecule has 2 heterocycles. The lowest BCUT2D eigenvalue weighted by atomic mass is 10.0. The van der Waals surface area contributed by atoms with Gasteiger partial charge in [-0.05, 0) is 55.2 Å². The molecule has 0 saturated carbocycles. The van der Waals surface area contributed by atoms with Gasteiger partial charge in [-0.2, -0.15) is 0 Å². The second kappa shape index (κ2) is 13.0. The smallest absolute Gasteiger partial charge is 0.266 e. The molecule has 1 fully saturated rings. The molecule has 5 rings (SSSR count). The van der Waals surface area contributed by atoms with E-state index in [-0.39, 0.29) is 17.5 Å². The van der Waals surface area contributed by atoms with Crippen molar-refractivity contribution in [3.8, 4) is 5.69 Å². The lowest BCUT2D eigenvalue weighted by molar-refractivity contribution is -0.122. The Morgan fingerprint density at radius 2 is 1.74 bits per heavy atom. The predicted octanol–water partition coefficient (Wildman–Crippen LogP) is 6.35. The van der Waals surface area contributed by atoms with Crippen molar-refractivity contribution in [2.24, 2.45) is 0 Å². The Labute approximate surface area is 242 Å². The lowest BCUT2D eigenvalue weighted by Gasteiger charge is -2.32. The fraction of sp³-hybridized carbons (Fsp3) is 0.300. The highest BCUT2D eigenvalue weighted by Gasteiger charge is 2.21. The second-order valence-electron chi connectivity index (χ2n) is 9.70. The van der Waals surface area contributed by atoms with Crippen LogP contribution in [0.4, 0.5) is 0 Å². The normalized spacial score (nSPS) is 14.5. The third-order valence-electron chi connectivity index (χ3n) is 6.88. The molecule has 0 atom stereocenters. The van der Waals surface area contributed by atoms with Gasteiger partial charge in [0, 0.05) is 42.9 Å². The molecule has 9 heteroatoms. The van der Waals surface area contributed by atoms with Crippen LogP contribution in [0.1, 0.15) is 31.2 Å². The minimum Gasteiger partial charge on any atom is -0.353 e. The molecule has 39 heavy (non-hydrogen) atoms. The van der Waals surface area contributed by atoms with Crippen LogP contribution in [0.2, 0.25) is 10.0 Å². The Balaban J connectivity index is 1.16. The van der Waals surface area contributed by atoms with Crippen LogP contribution in [0.3, 0.4) is 0 Å². The van der Waals surface area contributed by atoms with Gasteiger partial charge in [0.15, 0.2) is 5.16 Å². The Hall–Kier alpha value is -2.84. The molecule has 3 aromatic carbocycles. The van der Waals surface area contributed by atoms with Gasteiger partial charge in [0.05, 0.1) is 21.6 Å². The Morgan fingerprint density at radius 1 is 1.00 bits per heavy atom. The topological polar surface area (TPSA) is 67.2 Å². The van der Waals surface area contributed by atoms with E-state index < -0.39 is 0 Å². The number of para-hydroxylation sites is 1. The van der Waals surface area contributed by atoms with E-state index in [1.54, 1.807) is 24.3 Å². The number of amides is 1. The molecule has 0 radical (unpaired) electrons. The molecule has 1 saturated heterocycles. The van der Waals surface area contributed by atoms with Crippen molar-refractivity contribution >= 4 is 51.8 Å². The number of benzene rings is 3. The summed E-state index contributed by atoms with van der Waals surface area (Å²) in [6, 6.07) is 23.0. The zero-order valence-electron chi connectivity index (χ0n) is 21.5. The Morgan fingerprint density at radius 3 is 2.51 bits per heavy atom. The van der Waals surface area contributed by atoms with Gasteiger partial charge in [0.25, 0.3) is 5.56 Å². The number of carbonyl (C=O) groups excluding carboxylic acids is 1. The van der Waals surface area contributed by atoms with E-state index in [1.807, 2.05) is 24.3 Å². The SMILES string of the molecule is O=C(CCCSc1nc2ccccc2c(=O)n1-c1ccc(Cl)cc1Cl)NC1CCN(Cc2ccccc2)CC1. The van der Waals surface area contributed by atoms with E-state index >= 15 is 0 Å². The van der Waals surface area contributed by atoms with Gasteiger partial charge in [0.2, 0.25) is 5.91 Å². The number of thioether (sulfide) groups is 1. The van der Waals surface area contributed by atoms with Crippen molar-refractivity contribution in [1.29, 1.82) is 0 Å². The minimum atomic E-state index is -0.191. The van der Waals surface area contributed by atoms with Gasteiger partial charge in [0.1, 0.15) is 0 Å². The van der Waals surface area contributed by atoms with Gasteiger partial charge in [-0.1, -0.05) is 77.4 Å². The largest absolute Gasteiger partial charge is 0.353 e. The van der Waals surface area contributed by atoms with Crippen molar-refractivity contribution in [1.82, 2.24) is 19.8 Å². The van der Waals surface area contributed by atoms with Crippen LogP contribution in [0, 0.1) is 0 Å². The summed E-state index contributed by atoms with van der Waals surface area (Å²) in [6.07, 6.45) is 3.02. The molecule has 0 aliphatic carbocycles. The fourth-order valence-electron chi connectivity index (χ4n) is 4.86. The van der Waals surface area contributed by atoms with E-state index in [1.165, 1.54) is 21.9 Å². The standard InChI is InChI=1S/C30H30Cl2N4O2S/c31-22-12-13-27(25(32)19-22)36-29(38)24-9-4-5-10-26(24)34-30(36)39-18-6-11-28(37)33-23-14-16-35(17-15-23)20-21-7-2-1-3-8-21/h1-5,7-10,12-13,19,23H,6,11,14-18,20H2,(H,33,37). The van der Waals surface area contributed by atoms with Crippen molar-refractivity contribution in [2.75, 3.05) is 18.8 Å². The second-order valence-corrected chi connectivity index (χ2v) is 11.6. The molecule has 4 aromatic rings. The zero-order valence-corrected chi connectivity index (χ0v) is 23.8. The van der Waals surface area contributed by atoms with Crippen LogP contribution >= 0.6 is 35.0 Å². The van der Waals surface area contributed by atoms with Gasteiger partial charge in [-0.25, -0.2) is 4.98 Å². The highest BCUT2D eigenvalue weighted by atomic mass is 35.5. The monoisotopic (exact) mass is 580 g/mol. The maximum absolute atomic E-state index is 13.4. The summed E-state index contributed by atoms with van der Waals surface area (Å²) in [6.45, 7) is 2.91. The molecule has 1 amide bonds. The van der Waals surface area contributed by atoms with Gasteiger partial charge in [-0.15, -0.1) is 0 Å². The number of likely N-dealkylation sites (tertiary alicyclic amines) is 1. The lowest BCUT2D eigenvalue weighted by Crippen LogP contribution is -2.44. The van der Waals surface area contributed by atoms with Crippen LogP contribution in [0.25, 0.3) is 16.6 Å². The number of carbonyl (C=O) groups is 1. The molecule has 0 unspecified atom stereocenters. The number of hydrogen-bond acceptors (Lipinski definition) is 5. The average molecular weight is 582 g/mol. The first-order valence-electron chi connectivity index (χ1n) is 13.1. The summed E-state index contributed by atoms with van der Waals surface area (Å²) < 4.78 is 1.54. The number of rotatable bonds is 9. The first kappa shape index (κ1) is 27.7. The molecule has 1 aromatic heterocycles. The van der Waals surface area contributed by atoms with E-state index in [0.717, 1.165) is 32.5 Å². The molecule has 202 valence electrons. The number of nitrogens with one attached hydrogen (secondary N) is 1. The number of halogens is 2. The van der Waals surface area contributed by atoms with Crippen molar-refractivity contribution in [3.63, 3.8) is 0 Å². The van der Waals surface area contributed by atoms with E-state index in [4.69, 9.17) is 28.2 Å². The van der Waals surface area contributed by atoms with Crippen molar-refractivity contribution < 1.29 is 4.79 Å². The van der Waals surface area contributed by atoms with Gasteiger partial charge < -0.3 is 5.32 Å². The summed E-state index contributed by atoms with van der Waals surface area (Å²) >= 11 is 14.0. The van der Waals surface area contributed by atoms with Crippen LogP contribution < -0.4 is 10.9 Å². The molecule has 0 spiro atoms. The van der Waals surface area contributed by atoms with Crippen LogP contribution in [0.5, 0.6) is 0 Å². The fourth-order valence-corrected chi connectivity index (χ4v) is 6.29.